The third kappa shape index (κ3) is 4.41. The number of hydrazine groups is 1. The van der Waals surface area contributed by atoms with E-state index >= 15 is 0 Å². The number of fused-ring (bicyclic) bond motifs is 3. The van der Waals surface area contributed by atoms with Crippen molar-refractivity contribution in [2.45, 2.75) is 31.2 Å². The number of halogens is 2. The van der Waals surface area contributed by atoms with E-state index in [1.165, 1.54) is 23.9 Å². The highest BCUT2D eigenvalue weighted by molar-refractivity contribution is 8.14. The standard InChI is InChI=1S/C22H22ClFN6OS/c23-16-5-1-14(2-6-16)12-25-20(31)13-32-22-27-26-21-19-11-18(15-3-7-17(24)8-4-15)28-30(19)10-9-29(21)22/h1-10,18-19,21,26,28H,11-13H2,(H,25,31). The first-order valence-electron chi connectivity index (χ1n) is 10.3. The van der Waals surface area contributed by atoms with Crippen LogP contribution in [0.3, 0.4) is 0 Å². The van der Waals surface area contributed by atoms with E-state index < -0.39 is 0 Å². The Bertz CT molecular complexity index is 1050. The zero-order chi connectivity index (χ0) is 22.1. The van der Waals surface area contributed by atoms with E-state index in [1.807, 2.05) is 36.7 Å². The lowest BCUT2D eigenvalue weighted by Gasteiger charge is -2.36. The van der Waals surface area contributed by atoms with Crippen LogP contribution < -0.4 is 16.2 Å². The first-order valence-corrected chi connectivity index (χ1v) is 11.7. The van der Waals surface area contributed by atoms with E-state index in [4.69, 9.17) is 11.6 Å². The zero-order valence-corrected chi connectivity index (χ0v) is 18.6. The first kappa shape index (κ1) is 21.1. The summed E-state index contributed by atoms with van der Waals surface area (Å²) in [6.45, 7) is 0.459. The summed E-state index contributed by atoms with van der Waals surface area (Å²) in [7, 11) is 0. The number of amidine groups is 1. The fraction of sp³-hybridized carbons (Fsp3) is 0.273. The molecular formula is C22H22ClFN6OS. The van der Waals surface area contributed by atoms with E-state index in [-0.39, 0.29) is 35.7 Å². The topological polar surface area (TPSA) is 72.0 Å². The Morgan fingerprint density at radius 1 is 1.19 bits per heavy atom. The number of hydrazone groups is 1. The predicted molar refractivity (Wildman–Crippen MR) is 124 cm³/mol. The highest BCUT2D eigenvalue weighted by atomic mass is 35.5. The van der Waals surface area contributed by atoms with Gasteiger partial charge in [-0.1, -0.05) is 47.6 Å². The van der Waals surface area contributed by atoms with Gasteiger partial charge in [-0.25, -0.2) is 9.82 Å². The van der Waals surface area contributed by atoms with Crippen LogP contribution in [0.15, 0.2) is 66.0 Å². The molecule has 2 aromatic carbocycles. The Morgan fingerprint density at radius 3 is 2.75 bits per heavy atom. The van der Waals surface area contributed by atoms with Crippen LogP contribution >= 0.6 is 23.4 Å². The molecule has 1 amide bonds. The van der Waals surface area contributed by atoms with Gasteiger partial charge in [0.15, 0.2) is 5.17 Å². The van der Waals surface area contributed by atoms with Crippen LogP contribution in [0.5, 0.6) is 0 Å². The molecule has 0 aliphatic carbocycles. The minimum atomic E-state index is -0.236. The van der Waals surface area contributed by atoms with Crippen LogP contribution in [0.25, 0.3) is 0 Å². The maximum atomic E-state index is 13.3. The fourth-order valence-corrected chi connectivity index (χ4v) is 4.98. The monoisotopic (exact) mass is 472 g/mol. The van der Waals surface area contributed by atoms with Gasteiger partial charge in [0.05, 0.1) is 17.8 Å². The molecule has 10 heteroatoms. The third-order valence-electron chi connectivity index (χ3n) is 5.71. The Kier molecular flexibility index (Phi) is 5.95. The highest BCUT2D eigenvalue weighted by Gasteiger charge is 2.44. The van der Waals surface area contributed by atoms with E-state index in [0.717, 1.165) is 22.7 Å². The largest absolute Gasteiger partial charge is 0.351 e. The van der Waals surface area contributed by atoms with Gasteiger partial charge >= 0.3 is 0 Å². The molecule has 0 aromatic heterocycles. The van der Waals surface area contributed by atoms with Crippen molar-refractivity contribution in [3.63, 3.8) is 0 Å². The maximum Gasteiger partial charge on any atom is 0.230 e. The molecule has 3 atom stereocenters. The number of thioether (sulfide) groups is 1. The lowest BCUT2D eigenvalue weighted by molar-refractivity contribution is -0.118. The second-order valence-electron chi connectivity index (χ2n) is 7.81. The number of benzene rings is 2. The molecule has 3 aliphatic heterocycles. The summed E-state index contributed by atoms with van der Waals surface area (Å²) in [6.07, 6.45) is 4.75. The summed E-state index contributed by atoms with van der Waals surface area (Å²) in [4.78, 5) is 14.4. The molecule has 3 heterocycles. The van der Waals surface area contributed by atoms with E-state index in [1.54, 1.807) is 12.1 Å². The summed E-state index contributed by atoms with van der Waals surface area (Å²) in [5.41, 5.74) is 8.72. The number of amides is 1. The second-order valence-corrected chi connectivity index (χ2v) is 9.19. The normalized spacial score (nSPS) is 23.4. The molecule has 0 spiro atoms. The lowest BCUT2D eigenvalue weighted by Crippen LogP contribution is -2.54. The van der Waals surface area contributed by atoms with E-state index in [2.05, 4.69) is 31.2 Å². The minimum Gasteiger partial charge on any atom is -0.351 e. The van der Waals surface area contributed by atoms with Gasteiger partial charge < -0.3 is 15.2 Å². The van der Waals surface area contributed by atoms with Crippen LogP contribution in [0.1, 0.15) is 23.6 Å². The van der Waals surface area contributed by atoms with E-state index in [0.29, 0.717) is 11.6 Å². The van der Waals surface area contributed by atoms with Crippen LogP contribution in [0, 0.1) is 5.82 Å². The Hall–Kier alpha value is -2.75. The zero-order valence-electron chi connectivity index (χ0n) is 17.0. The summed E-state index contributed by atoms with van der Waals surface area (Å²) in [6, 6.07) is 14.3. The SMILES string of the molecule is O=C(CSC1=NNC2C3CC(c4ccc(F)cc4)NN3C=CN12)NCc1ccc(Cl)cc1. The van der Waals surface area contributed by atoms with Crippen molar-refractivity contribution >= 4 is 34.4 Å². The fourth-order valence-electron chi connectivity index (χ4n) is 4.05. The number of rotatable bonds is 5. The van der Waals surface area contributed by atoms with Gasteiger partial charge in [0.25, 0.3) is 0 Å². The molecule has 0 bridgehead atoms. The smallest absolute Gasteiger partial charge is 0.230 e. The minimum absolute atomic E-state index is 0.0300. The summed E-state index contributed by atoms with van der Waals surface area (Å²) < 4.78 is 13.3. The van der Waals surface area contributed by atoms with Gasteiger partial charge in [-0.05, 0) is 41.8 Å². The van der Waals surface area contributed by atoms with Crippen molar-refractivity contribution in [2.24, 2.45) is 5.10 Å². The number of nitrogens with one attached hydrogen (secondary N) is 3. The van der Waals surface area contributed by atoms with Gasteiger partial charge in [0, 0.05) is 24.0 Å². The number of carbonyl (C=O) groups excluding carboxylic acids is 1. The molecule has 166 valence electrons. The molecule has 7 nitrogen and oxygen atoms in total. The van der Waals surface area contributed by atoms with Gasteiger partial charge in [-0.15, -0.1) is 0 Å². The van der Waals surface area contributed by atoms with Crippen LogP contribution in [-0.4, -0.2) is 38.9 Å². The van der Waals surface area contributed by atoms with Gasteiger partial charge in [-0.2, -0.15) is 5.10 Å². The Morgan fingerprint density at radius 2 is 1.97 bits per heavy atom. The summed E-state index contributed by atoms with van der Waals surface area (Å²) in [5, 5.41) is 10.9. The van der Waals surface area contributed by atoms with Crippen molar-refractivity contribution in [3.05, 3.63) is 82.9 Å². The number of nitrogens with zero attached hydrogens (tertiary/aromatic N) is 3. The van der Waals surface area contributed by atoms with Crippen molar-refractivity contribution in [1.82, 2.24) is 26.1 Å². The molecular weight excluding hydrogens is 451 g/mol. The third-order valence-corrected chi connectivity index (χ3v) is 6.93. The average molecular weight is 473 g/mol. The molecule has 1 fully saturated rings. The van der Waals surface area contributed by atoms with Crippen molar-refractivity contribution in [2.75, 3.05) is 5.75 Å². The number of hydrogen-bond donors (Lipinski definition) is 3. The molecule has 0 radical (unpaired) electrons. The van der Waals surface area contributed by atoms with Gasteiger partial charge in [0.2, 0.25) is 5.91 Å². The summed E-state index contributed by atoms with van der Waals surface area (Å²) in [5.74, 6) is -0.0198. The number of hydrogen-bond acceptors (Lipinski definition) is 7. The Labute approximate surface area is 194 Å². The molecule has 0 saturated carbocycles. The van der Waals surface area contributed by atoms with Crippen LogP contribution in [0.4, 0.5) is 4.39 Å². The van der Waals surface area contributed by atoms with Crippen molar-refractivity contribution < 1.29 is 9.18 Å². The van der Waals surface area contributed by atoms with Crippen LogP contribution in [0.2, 0.25) is 5.02 Å². The van der Waals surface area contributed by atoms with Crippen molar-refractivity contribution in [1.29, 1.82) is 0 Å². The second kappa shape index (κ2) is 9.01. The highest BCUT2D eigenvalue weighted by Crippen LogP contribution is 2.35. The number of carbonyl (C=O) groups is 1. The molecule has 1 saturated heterocycles. The molecule has 3 aliphatic rings. The average Bonchev–Trinajstić information content (AvgIpc) is 3.41. The Balaban J connectivity index is 1.14. The summed E-state index contributed by atoms with van der Waals surface area (Å²) >= 11 is 7.29. The lowest BCUT2D eigenvalue weighted by atomic mass is 10.00. The molecule has 5 rings (SSSR count). The molecule has 2 aromatic rings. The molecule has 32 heavy (non-hydrogen) atoms. The predicted octanol–water partition coefficient (Wildman–Crippen LogP) is 3.14. The van der Waals surface area contributed by atoms with Gasteiger partial charge in [-0.3, -0.25) is 10.2 Å². The van der Waals surface area contributed by atoms with Crippen LogP contribution in [-0.2, 0) is 11.3 Å². The maximum absolute atomic E-state index is 13.3. The van der Waals surface area contributed by atoms with E-state index in [9.17, 15) is 9.18 Å². The molecule has 3 N–H and O–H groups in total. The first-order chi connectivity index (χ1) is 15.6. The van der Waals surface area contributed by atoms with Gasteiger partial charge in [0.1, 0.15) is 12.0 Å². The van der Waals surface area contributed by atoms with Crippen molar-refractivity contribution in [3.8, 4) is 0 Å². The molecule has 3 unspecified atom stereocenters. The quantitative estimate of drug-likeness (QED) is 0.621.